The molecule has 0 aromatic rings. The molecule has 0 bridgehead atoms. The highest BCUT2D eigenvalue weighted by Gasteiger charge is 2.12. The Morgan fingerprint density at radius 3 is 3.00 bits per heavy atom. The molecule has 0 aromatic carbocycles. The highest BCUT2D eigenvalue weighted by Crippen LogP contribution is 2.27. The number of hydrogen-bond acceptors (Lipinski definition) is 0. The minimum absolute atomic E-state index is 0.247. The van der Waals surface area contributed by atoms with E-state index in [2.05, 4.69) is 15.9 Å². The molecule has 0 saturated carbocycles. The number of rotatable bonds is 1. The molecule has 1 aliphatic carbocycles. The van der Waals surface area contributed by atoms with E-state index >= 15 is 0 Å². The van der Waals surface area contributed by atoms with Crippen LogP contribution in [0.2, 0.25) is 0 Å². The average molecular weight is 225 g/mol. The zero-order valence-corrected chi connectivity index (χ0v) is 7.62. The van der Waals surface area contributed by atoms with Crippen LogP contribution in [0.5, 0.6) is 0 Å². The van der Waals surface area contributed by atoms with Gasteiger partial charge >= 0.3 is 0 Å². The molecule has 1 aliphatic rings. The fraction of sp³-hybridized carbons (Fsp3) is 0.429. The molecule has 0 aliphatic heterocycles. The molecule has 1 unspecified atom stereocenters. The van der Waals surface area contributed by atoms with Gasteiger partial charge in [-0.25, -0.2) is 4.39 Å². The lowest BCUT2D eigenvalue weighted by Crippen LogP contribution is -2.01. The zero-order chi connectivity index (χ0) is 7.56. The monoisotopic (exact) mass is 224 g/mol. The predicted octanol–water partition coefficient (Wildman–Crippen LogP) is 3.38. The zero-order valence-electron chi connectivity index (χ0n) is 5.28. The summed E-state index contributed by atoms with van der Waals surface area (Å²) in [6, 6.07) is 0. The summed E-state index contributed by atoms with van der Waals surface area (Å²) in [6.45, 7) is 0. The van der Waals surface area contributed by atoms with Crippen molar-refractivity contribution in [1.82, 2.24) is 0 Å². The Labute approximate surface area is 72.9 Å². The van der Waals surface area contributed by atoms with Crippen LogP contribution in [0.1, 0.15) is 6.42 Å². The molecule has 0 saturated heterocycles. The highest BCUT2D eigenvalue weighted by atomic mass is 79.9. The van der Waals surface area contributed by atoms with E-state index in [0.717, 1.165) is 11.8 Å². The molecule has 0 fully saturated rings. The van der Waals surface area contributed by atoms with Gasteiger partial charge in [0.15, 0.2) is 0 Å². The third-order valence-corrected chi connectivity index (χ3v) is 2.57. The summed E-state index contributed by atoms with van der Waals surface area (Å²) in [7, 11) is 0. The van der Waals surface area contributed by atoms with Crippen LogP contribution < -0.4 is 0 Å². The molecule has 0 amide bonds. The Bertz CT molecular complexity index is 186. The van der Waals surface area contributed by atoms with E-state index < -0.39 is 0 Å². The first-order valence-electron chi connectivity index (χ1n) is 3.03. The van der Waals surface area contributed by atoms with Crippen LogP contribution in [-0.2, 0) is 0 Å². The van der Waals surface area contributed by atoms with Gasteiger partial charge in [0.2, 0.25) is 0 Å². The van der Waals surface area contributed by atoms with E-state index in [0.29, 0.717) is 0 Å². The molecule has 1 rings (SSSR count). The van der Waals surface area contributed by atoms with Crippen LogP contribution in [0.15, 0.2) is 23.0 Å². The summed E-state index contributed by atoms with van der Waals surface area (Å²) < 4.78 is 12.7. The van der Waals surface area contributed by atoms with Gasteiger partial charge in [0.05, 0.1) is 5.03 Å². The normalized spacial score (nSPS) is 25.7. The van der Waals surface area contributed by atoms with Crippen molar-refractivity contribution in [3.05, 3.63) is 23.0 Å². The number of hydrogen-bond donors (Lipinski definition) is 0. The Morgan fingerprint density at radius 1 is 1.80 bits per heavy atom. The lowest BCUT2D eigenvalue weighted by atomic mass is 10.0. The van der Waals surface area contributed by atoms with Gasteiger partial charge in [0.25, 0.3) is 0 Å². The van der Waals surface area contributed by atoms with Crippen molar-refractivity contribution in [3.63, 3.8) is 0 Å². The molecule has 1 atom stereocenters. The highest BCUT2D eigenvalue weighted by molar-refractivity contribution is 9.09. The lowest BCUT2D eigenvalue weighted by Gasteiger charge is -2.11. The number of alkyl halides is 1. The van der Waals surface area contributed by atoms with E-state index in [1.54, 1.807) is 12.2 Å². The minimum Gasteiger partial charge on any atom is -0.206 e. The third-order valence-electron chi connectivity index (χ3n) is 1.41. The molecule has 0 aromatic heterocycles. The summed E-state index contributed by atoms with van der Waals surface area (Å²) in [6.07, 6.45) is 4.09. The van der Waals surface area contributed by atoms with Crippen molar-refractivity contribution in [2.24, 2.45) is 5.92 Å². The summed E-state index contributed by atoms with van der Waals surface area (Å²) in [4.78, 5) is 0. The molecule has 0 N–H and O–H groups in total. The van der Waals surface area contributed by atoms with Gasteiger partial charge in [-0.1, -0.05) is 33.6 Å². The second kappa shape index (κ2) is 3.54. The number of allylic oxidation sites excluding steroid dienone is 4. The standard InChI is InChI=1S/C7H7BrClF/c8-4-5-1-2-6(9)7(10)3-5/h2-3,5H,1,4H2. The quantitative estimate of drug-likeness (QED) is 0.600. The summed E-state index contributed by atoms with van der Waals surface area (Å²) in [5.74, 6) is -0.0279. The SMILES string of the molecule is FC1=CC(CBr)CC=C1Cl. The van der Waals surface area contributed by atoms with Gasteiger partial charge in [-0.2, -0.15) is 0 Å². The first-order chi connectivity index (χ1) is 4.74. The molecule has 0 radical (unpaired) electrons. The molecule has 0 heterocycles. The summed E-state index contributed by atoms with van der Waals surface area (Å²) in [5, 5.41) is 1.04. The molecule has 0 spiro atoms. The van der Waals surface area contributed by atoms with Crippen molar-refractivity contribution in [1.29, 1.82) is 0 Å². The van der Waals surface area contributed by atoms with Crippen molar-refractivity contribution < 1.29 is 4.39 Å². The van der Waals surface area contributed by atoms with E-state index in [1.165, 1.54) is 0 Å². The van der Waals surface area contributed by atoms with Gasteiger partial charge in [0, 0.05) is 5.33 Å². The van der Waals surface area contributed by atoms with Crippen LogP contribution in [-0.4, -0.2) is 5.33 Å². The summed E-state index contributed by atoms with van der Waals surface area (Å²) in [5.41, 5.74) is 0. The van der Waals surface area contributed by atoms with Gasteiger partial charge in [0.1, 0.15) is 5.83 Å². The largest absolute Gasteiger partial charge is 0.206 e. The fourth-order valence-electron chi connectivity index (χ4n) is 0.814. The smallest absolute Gasteiger partial charge is 0.137 e. The summed E-state index contributed by atoms with van der Waals surface area (Å²) >= 11 is 8.77. The van der Waals surface area contributed by atoms with E-state index in [1.807, 2.05) is 0 Å². The van der Waals surface area contributed by atoms with E-state index in [-0.39, 0.29) is 16.8 Å². The van der Waals surface area contributed by atoms with E-state index in [9.17, 15) is 4.39 Å². The number of halogens is 3. The van der Waals surface area contributed by atoms with Gasteiger partial charge in [-0.3, -0.25) is 0 Å². The van der Waals surface area contributed by atoms with E-state index in [4.69, 9.17) is 11.6 Å². The maximum absolute atomic E-state index is 12.7. The Balaban J connectivity index is 2.66. The van der Waals surface area contributed by atoms with Crippen molar-refractivity contribution in [2.75, 3.05) is 5.33 Å². The lowest BCUT2D eigenvalue weighted by molar-refractivity contribution is 0.616. The topological polar surface area (TPSA) is 0 Å². The predicted molar refractivity (Wildman–Crippen MR) is 45.0 cm³/mol. The maximum Gasteiger partial charge on any atom is 0.137 e. The Morgan fingerprint density at radius 2 is 2.50 bits per heavy atom. The third kappa shape index (κ3) is 1.83. The second-order valence-corrected chi connectivity index (χ2v) is 3.27. The Hall–Kier alpha value is 0.180. The van der Waals surface area contributed by atoms with Crippen molar-refractivity contribution in [3.8, 4) is 0 Å². The van der Waals surface area contributed by atoms with Crippen LogP contribution in [0.3, 0.4) is 0 Å². The van der Waals surface area contributed by atoms with Crippen LogP contribution in [0, 0.1) is 5.92 Å². The minimum atomic E-state index is -0.294. The molecule has 56 valence electrons. The van der Waals surface area contributed by atoms with Gasteiger partial charge in [-0.15, -0.1) is 0 Å². The van der Waals surface area contributed by atoms with Gasteiger partial charge in [-0.05, 0) is 18.4 Å². The molecule has 3 heteroatoms. The van der Waals surface area contributed by atoms with Crippen molar-refractivity contribution in [2.45, 2.75) is 6.42 Å². The molecular formula is C7H7BrClF. The maximum atomic E-state index is 12.7. The molecule has 10 heavy (non-hydrogen) atoms. The second-order valence-electron chi connectivity index (χ2n) is 2.22. The van der Waals surface area contributed by atoms with Crippen LogP contribution >= 0.6 is 27.5 Å². The van der Waals surface area contributed by atoms with Gasteiger partial charge < -0.3 is 0 Å². The fourth-order valence-corrected chi connectivity index (χ4v) is 1.42. The van der Waals surface area contributed by atoms with Crippen LogP contribution in [0.4, 0.5) is 4.39 Å². The Kier molecular flexibility index (Phi) is 2.93. The van der Waals surface area contributed by atoms with Crippen molar-refractivity contribution >= 4 is 27.5 Å². The van der Waals surface area contributed by atoms with Crippen LogP contribution in [0.25, 0.3) is 0 Å². The molecule has 0 nitrogen and oxygen atoms in total. The first kappa shape index (κ1) is 8.28. The molecular weight excluding hydrogens is 218 g/mol. The average Bonchev–Trinajstić information content (AvgIpc) is 1.95. The first-order valence-corrected chi connectivity index (χ1v) is 4.53.